The molecule has 2 saturated heterocycles. The normalized spacial score (nSPS) is 29.7. The molecule has 0 aliphatic carbocycles. The van der Waals surface area contributed by atoms with Crippen molar-refractivity contribution in [2.75, 3.05) is 39.4 Å². The Bertz CT molecular complexity index is 440. The monoisotopic (exact) mass is 300 g/mol. The molecule has 20 heavy (non-hydrogen) atoms. The summed E-state index contributed by atoms with van der Waals surface area (Å²) < 4.78 is 10.8. The van der Waals surface area contributed by atoms with Crippen molar-refractivity contribution in [2.45, 2.75) is 25.1 Å². The topological polar surface area (TPSA) is 49.1 Å². The fourth-order valence-electron chi connectivity index (χ4n) is 3.02. The number of furan rings is 1. The van der Waals surface area contributed by atoms with Crippen LogP contribution in [0.4, 0.5) is 0 Å². The minimum absolute atomic E-state index is 0.160. The van der Waals surface area contributed by atoms with E-state index < -0.39 is 0 Å². The van der Waals surface area contributed by atoms with Gasteiger partial charge in [-0.15, -0.1) is 0 Å². The van der Waals surface area contributed by atoms with Crippen LogP contribution in [0.25, 0.3) is 0 Å². The summed E-state index contributed by atoms with van der Waals surface area (Å²) in [4.78, 5) is 4.73. The minimum Gasteiger partial charge on any atom is -0.448 e. The second-order valence-corrected chi connectivity index (χ2v) is 5.92. The van der Waals surface area contributed by atoms with Gasteiger partial charge in [0.2, 0.25) is 0 Å². The van der Waals surface area contributed by atoms with E-state index in [-0.39, 0.29) is 12.1 Å². The van der Waals surface area contributed by atoms with E-state index in [9.17, 15) is 5.11 Å². The van der Waals surface area contributed by atoms with Crippen LogP contribution < -0.4 is 0 Å². The predicted octanol–water partition coefficient (Wildman–Crippen LogP) is 1.20. The number of hydrogen-bond acceptors (Lipinski definition) is 5. The Balaban J connectivity index is 1.54. The highest BCUT2D eigenvalue weighted by molar-refractivity contribution is 6.28. The third kappa shape index (κ3) is 3.35. The summed E-state index contributed by atoms with van der Waals surface area (Å²) in [5.41, 5.74) is 0. The van der Waals surface area contributed by atoms with Gasteiger partial charge in [-0.05, 0) is 43.2 Å². The molecular weight excluding hydrogens is 280 g/mol. The molecule has 0 saturated carbocycles. The number of hydrogen-bond donors (Lipinski definition) is 1. The molecule has 0 radical (unpaired) electrons. The van der Waals surface area contributed by atoms with Crippen LogP contribution in [0.1, 0.15) is 12.2 Å². The van der Waals surface area contributed by atoms with Gasteiger partial charge in [-0.2, -0.15) is 0 Å². The number of aliphatic hydroxyl groups is 1. The van der Waals surface area contributed by atoms with Gasteiger partial charge in [0.1, 0.15) is 5.76 Å². The van der Waals surface area contributed by atoms with Gasteiger partial charge < -0.3 is 14.3 Å². The second kappa shape index (κ2) is 6.45. The number of rotatable bonds is 3. The van der Waals surface area contributed by atoms with Gasteiger partial charge >= 0.3 is 0 Å². The van der Waals surface area contributed by atoms with E-state index in [0.29, 0.717) is 18.4 Å². The van der Waals surface area contributed by atoms with Gasteiger partial charge in [0.15, 0.2) is 5.22 Å². The SMILES string of the molecule is O[C@H]1COC[C@@H]1N1CCCN(Cc2ccc(Cl)o2)CC1. The molecule has 2 fully saturated rings. The first-order chi connectivity index (χ1) is 9.72. The van der Waals surface area contributed by atoms with E-state index >= 15 is 0 Å². The van der Waals surface area contributed by atoms with Crippen LogP contribution in [0.3, 0.4) is 0 Å². The Morgan fingerprint density at radius 2 is 2.10 bits per heavy atom. The summed E-state index contributed by atoms with van der Waals surface area (Å²) in [5.74, 6) is 0.910. The summed E-state index contributed by atoms with van der Waals surface area (Å²) in [7, 11) is 0. The third-order valence-electron chi connectivity index (χ3n) is 4.12. The fraction of sp³-hybridized carbons (Fsp3) is 0.714. The summed E-state index contributed by atoms with van der Waals surface area (Å²) in [6.45, 7) is 5.90. The molecule has 1 aromatic rings. The van der Waals surface area contributed by atoms with Crippen molar-refractivity contribution in [3.8, 4) is 0 Å². The van der Waals surface area contributed by atoms with Gasteiger partial charge in [0.25, 0.3) is 0 Å². The first kappa shape index (κ1) is 14.4. The molecule has 112 valence electrons. The van der Waals surface area contributed by atoms with Crippen LogP contribution in [-0.2, 0) is 11.3 Å². The van der Waals surface area contributed by atoms with E-state index in [4.69, 9.17) is 20.8 Å². The lowest BCUT2D eigenvalue weighted by molar-refractivity contribution is 0.0835. The molecule has 0 bridgehead atoms. The van der Waals surface area contributed by atoms with Gasteiger partial charge in [0.05, 0.1) is 31.9 Å². The van der Waals surface area contributed by atoms with Crippen molar-refractivity contribution >= 4 is 11.6 Å². The van der Waals surface area contributed by atoms with Gasteiger partial charge in [-0.1, -0.05) is 0 Å². The van der Waals surface area contributed by atoms with Crippen LogP contribution >= 0.6 is 11.6 Å². The molecule has 2 aliphatic rings. The molecule has 1 aromatic heterocycles. The molecule has 0 unspecified atom stereocenters. The van der Waals surface area contributed by atoms with E-state index in [0.717, 1.165) is 44.9 Å². The van der Waals surface area contributed by atoms with Gasteiger partial charge in [-0.3, -0.25) is 9.80 Å². The molecular formula is C14H21ClN2O3. The van der Waals surface area contributed by atoms with E-state index in [2.05, 4.69) is 9.80 Å². The summed E-state index contributed by atoms with van der Waals surface area (Å²) >= 11 is 5.80. The van der Waals surface area contributed by atoms with Crippen molar-refractivity contribution in [1.82, 2.24) is 9.80 Å². The molecule has 0 aromatic carbocycles. The van der Waals surface area contributed by atoms with Crippen molar-refractivity contribution in [3.05, 3.63) is 23.1 Å². The largest absolute Gasteiger partial charge is 0.448 e. The van der Waals surface area contributed by atoms with Crippen LogP contribution in [0, 0.1) is 0 Å². The van der Waals surface area contributed by atoms with Crippen LogP contribution in [0.2, 0.25) is 5.22 Å². The lowest BCUT2D eigenvalue weighted by atomic mass is 10.2. The zero-order valence-electron chi connectivity index (χ0n) is 11.5. The average molecular weight is 301 g/mol. The van der Waals surface area contributed by atoms with Crippen LogP contribution in [-0.4, -0.2) is 66.4 Å². The number of aliphatic hydroxyl groups excluding tert-OH is 1. The van der Waals surface area contributed by atoms with E-state index in [1.54, 1.807) is 6.07 Å². The zero-order valence-corrected chi connectivity index (χ0v) is 12.3. The Kier molecular flexibility index (Phi) is 4.63. The number of nitrogens with zero attached hydrogens (tertiary/aromatic N) is 2. The third-order valence-corrected chi connectivity index (χ3v) is 4.32. The fourth-order valence-corrected chi connectivity index (χ4v) is 3.18. The highest BCUT2D eigenvalue weighted by atomic mass is 35.5. The minimum atomic E-state index is -0.342. The second-order valence-electron chi connectivity index (χ2n) is 5.54. The molecule has 3 heterocycles. The summed E-state index contributed by atoms with van der Waals surface area (Å²) in [5, 5.41) is 10.4. The molecule has 3 rings (SSSR count). The van der Waals surface area contributed by atoms with Crippen LogP contribution in [0.15, 0.2) is 16.5 Å². The molecule has 6 heteroatoms. The van der Waals surface area contributed by atoms with E-state index in [1.165, 1.54) is 0 Å². The lowest BCUT2D eigenvalue weighted by Crippen LogP contribution is -2.44. The Labute approximate surface area is 124 Å². The maximum Gasteiger partial charge on any atom is 0.193 e. The highest BCUT2D eigenvalue weighted by Crippen LogP contribution is 2.18. The average Bonchev–Trinajstić information content (AvgIpc) is 2.95. The Morgan fingerprint density at radius 3 is 2.80 bits per heavy atom. The number of ether oxygens (including phenoxy) is 1. The molecule has 2 atom stereocenters. The first-order valence-electron chi connectivity index (χ1n) is 7.19. The maximum absolute atomic E-state index is 9.93. The van der Waals surface area contributed by atoms with Crippen molar-refractivity contribution in [1.29, 1.82) is 0 Å². The highest BCUT2D eigenvalue weighted by Gasteiger charge is 2.32. The number of halogens is 1. The quantitative estimate of drug-likeness (QED) is 0.909. The Hall–Kier alpha value is -0.590. The molecule has 2 aliphatic heterocycles. The standard InChI is InChI=1S/C14H21ClN2O3/c15-14-3-2-11(20-14)8-16-4-1-5-17(7-6-16)12-9-19-10-13(12)18/h2-3,12-13,18H,1,4-10H2/t12-,13-/m0/s1. The zero-order chi connectivity index (χ0) is 13.9. The van der Waals surface area contributed by atoms with Crippen molar-refractivity contribution in [2.24, 2.45) is 0 Å². The van der Waals surface area contributed by atoms with Crippen molar-refractivity contribution < 1.29 is 14.3 Å². The van der Waals surface area contributed by atoms with Gasteiger partial charge in [0, 0.05) is 13.1 Å². The van der Waals surface area contributed by atoms with Crippen molar-refractivity contribution in [3.63, 3.8) is 0 Å². The van der Waals surface area contributed by atoms with Crippen LogP contribution in [0.5, 0.6) is 0 Å². The maximum atomic E-state index is 9.93. The lowest BCUT2D eigenvalue weighted by Gasteiger charge is -2.28. The van der Waals surface area contributed by atoms with E-state index in [1.807, 2.05) is 6.07 Å². The summed E-state index contributed by atoms with van der Waals surface area (Å²) in [6.07, 6.45) is 0.753. The summed E-state index contributed by atoms with van der Waals surface area (Å²) in [6, 6.07) is 3.88. The predicted molar refractivity (Wildman–Crippen MR) is 75.8 cm³/mol. The van der Waals surface area contributed by atoms with Gasteiger partial charge in [-0.25, -0.2) is 0 Å². The molecule has 0 amide bonds. The molecule has 5 nitrogen and oxygen atoms in total. The Morgan fingerprint density at radius 1 is 1.20 bits per heavy atom. The smallest absolute Gasteiger partial charge is 0.193 e. The molecule has 1 N–H and O–H groups in total. The molecule has 0 spiro atoms. The first-order valence-corrected chi connectivity index (χ1v) is 7.56.